The Kier molecular flexibility index (Phi) is 5.16. The van der Waals surface area contributed by atoms with Crippen molar-refractivity contribution >= 4 is 23.3 Å². The Morgan fingerprint density at radius 1 is 1.21 bits per heavy atom. The lowest BCUT2D eigenvalue weighted by Crippen LogP contribution is -2.39. The lowest BCUT2D eigenvalue weighted by atomic mass is 10.2. The number of amides is 3. The van der Waals surface area contributed by atoms with Crippen molar-refractivity contribution in [3.05, 3.63) is 54.1 Å². The number of carbonyl (C=O) groups is 2. The van der Waals surface area contributed by atoms with Gasteiger partial charge >= 0.3 is 6.03 Å². The second kappa shape index (κ2) is 7.90. The van der Waals surface area contributed by atoms with Gasteiger partial charge in [-0.3, -0.25) is 9.69 Å². The van der Waals surface area contributed by atoms with E-state index in [1.807, 2.05) is 18.2 Å². The summed E-state index contributed by atoms with van der Waals surface area (Å²) in [4.78, 5) is 27.9. The Morgan fingerprint density at radius 3 is 2.86 bits per heavy atom. The number of nitrogens with one attached hydrogen (secondary N) is 2. The van der Waals surface area contributed by atoms with Crippen molar-refractivity contribution in [1.82, 2.24) is 10.2 Å². The fourth-order valence-corrected chi connectivity index (χ4v) is 3.64. The van der Waals surface area contributed by atoms with Crippen LogP contribution in [0.15, 0.2) is 48.5 Å². The highest BCUT2D eigenvalue weighted by Gasteiger charge is 2.25. The average Bonchev–Trinajstić information content (AvgIpc) is 3.12. The average molecular weight is 380 g/mol. The van der Waals surface area contributed by atoms with Gasteiger partial charge in [-0.2, -0.15) is 0 Å². The van der Waals surface area contributed by atoms with Crippen molar-refractivity contribution in [2.45, 2.75) is 19.0 Å². The Hall–Kier alpha value is -3.06. The van der Waals surface area contributed by atoms with Crippen LogP contribution in [0.4, 0.5) is 16.2 Å². The molecule has 3 amide bonds. The third kappa shape index (κ3) is 4.09. The number of nitrogens with zero attached hydrogens (tertiary/aromatic N) is 2. The van der Waals surface area contributed by atoms with Gasteiger partial charge in [0.1, 0.15) is 5.75 Å². The van der Waals surface area contributed by atoms with Gasteiger partial charge in [0.15, 0.2) is 6.61 Å². The van der Waals surface area contributed by atoms with Crippen molar-refractivity contribution in [3.8, 4) is 5.75 Å². The van der Waals surface area contributed by atoms with Crippen molar-refractivity contribution in [2.75, 3.05) is 37.0 Å². The normalized spacial score (nSPS) is 19.1. The molecule has 0 spiro atoms. The molecule has 1 atom stereocenters. The number of ether oxygens (including phenoxy) is 1. The van der Waals surface area contributed by atoms with Crippen LogP contribution < -0.4 is 20.3 Å². The first kappa shape index (κ1) is 18.3. The summed E-state index contributed by atoms with van der Waals surface area (Å²) < 4.78 is 5.46. The van der Waals surface area contributed by atoms with E-state index in [4.69, 9.17) is 4.74 Å². The summed E-state index contributed by atoms with van der Waals surface area (Å²) in [5, 5.41) is 5.90. The summed E-state index contributed by atoms with van der Waals surface area (Å²) in [5.74, 6) is 0.502. The SMILES string of the molecule is CN1C(=O)COc2cc(NC(=O)N[C@H]3CCN(Cc4ccccc4)C3)ccc21. The lowest BCUT2D eigenvalue weighted by Gasteiger charge is -2.26. The van der Waals surface area contributed by atoms with E-state index < -0.39 is 0 Å². The van der Waals surface area contributed by atoms with Crippen LogP contribution in [0.1, 0.15) is 12.0 Å². The number of carbonyl (C=O) groups excluding carboxylic acids is 2. The van der Waals surface area contributed by atoms with E-state index in [1.165, 1.54) is 5.56 Å². The quantitative estimate of drug-likeness (QED) is 0.855. The molecule has 2 aromatic rings. The van der Waals surface area contributed by atoms with Gasteiger partial charge in [-0.25, -0.2) is 4.79 Å². The molecule has 0 saturated carbocycles. The number of likely N-dealkylation sites (tertiary alicyclic amines) is 1. The summed E-state index contributed by atoms with van der Waals surface area (Å²) in [7, 11) is 1.71. The van der Waals surface area contributed by atoms with Crippen LogP contribution in [0.2, 0.25) is 0 Å². The smallest absolute Gasteiger partial charge is 0.319 e. The number of fused-ring (bicyclic) bond motifs is 1. The molecule has 0 radical (unpaired) electrons. The molecule has 4 rings (SSSR count). The maximum atomic E-state index is 12.4. The maximum absolute atomic E-state index is 12.4. The number of rotatable bonds is 4. The Bertz CT molecular complexity index is 871. The van der Waals surface area contributed by atoms with E-state index in [-0.39, 0.29) is 24.6 Å². The third-order valence-electron chi connectivity index (χ3n) is 5.16. The van der Waals surface area contributed by atoms with Gasteiger partial charge in [-0.05, 0) is 24.1 Å². The van der Waals surface area contributed by atoms with Crippen LogP contribution in [0.5, 0.6) is 5.75 Å². The maximum Gasteiger partial charge on any atom is 0.319 e. The van der Waals surface area contributed by atoms with Gasteiger partial charge < -0.3 is 20.3 Å². The van der Waals surface area contributed by atoms with Crippen LogP contribution in [-0.4, -0.2) is 49.6 Å². The van der Waals surface area contributed by atoms with E-state index in [2.05, 4.69) is 27.7 Å². The topological polar surface area (TPSA) is 73.9 Å². The molecule has 0 aromatic heterocycles. The second-order valence-corrected chi connectivity index (χ2v) is 7.23. The minimum absolute atomic E-state index is 0.0124. The van der Waals surface area contributed by atoms with E-state index in [9.17, 15) is 9.59 Å². The largest absolute Gasteiger partial charge is 0.481 e. The predicted molar refractivity (Wildman–Crippen MR) is 108 cm³/mol. The van der Waals surface area contributed by atoms with Gasteiger partial charge in [0.2, 0.25) is 0 Å². The number of likely N-dealkylation sites (N-methyl/N-ethyl adjacent to an activating group) is 1. The van der Waals surface area contributed by atoms with Crippen molar-refractivity contribution in [3.63, 3.8) is 0 Å². The summed E-state index contributed by atoms with van der Waals surface area (Å²) in [6, 6.07) is 15.5. The van der Waals surface area contributed by atoms with Gasteiger partial charge in [0.25, 0.3) is 5.91 Å². The van der Waals surface area contributed by atoms with Crippen molar-refractivity contribution in [1.29, 1.82) is 0 Å². The molecule has 0 bridgehead atoms. The van der Waals surface area contributed by atoms with Crippen LogP contribution in [0.25, 0.3) is 0 Å². The molecule has 0 unspecified atom stereocenters. The van der Waals surface area contributed by atoms with Crippen LogP contribution in [0, 0.1) is 0 Å². The molecule has 2 N–H and O–H groups in total. The number of hydrogen-bond acceptors (Lipinski definition) is 4. The van der Waals surface area contributed by atoms with Gasteiger partial charge in [0.05, 0.1) is 5.69 Å². The molecular weight excluding hydrogens is 356 g/mol. The van der Waals surface area contributed by atoms with Gasteiger partial charge in [0, 0.05) is 44.5 Å². The molecule has 2 aliphatic rings. The zero-order valence-electron chi connectivity index (χ0n) is 15.9. The summed E-state index contributed by atoms with van der Waals surface area (Å²) >= 11 is 0. The molecule has 2 aromatic carbocycles. The Morgan fingerprint density at radius 2 is 2.04 bits per heavy atom. The van der Waals surface area contributed by atoms with Crippen LogP contribution >= 0.6 is 0 Å². The third-order valence-corrected chi connectivity index (χ3v) is 5.16. The standard InChI is InChI=1S/C21H24N4O3/c1-24-18-8-7-16(11-19(18)28-14-20(24)26)22-21(27)23-17-9-10-25(13-17)12-15-5-3-2-4-6-15/h2-8,11,17H,9-10,12-14H2,1H3,(H2,22,23,27)/t17-/m0/s1. The molecule has 28 heavy (non-hydrogen) atoms. The Labute approximate surface area is 164 Å². The number of benzene rings is 2. The van der Waals surface area contributed by atoms with Crippen molar-refractivity contribution in [2.24, 2.45) is 0 Å². The summed E-state index contributed by atoms with van der Waals surface area (Å²) in [6.07, 6.45) is 0.931. The van der Waals surface area contributed by atoms with Crippen LogP contribution in [0.3, 0.4) is 0 Å². The summed E-state index contributed by atoms with van der Waals surface area (Å²) in [5.41, 5.74) is 2.62. The lowest BCUT2D eigenvalue weighted by molar-refractivity contribution is -0.120. The first-order valence-electron chi connectivity index (χ1n) is 9.46. The molecule has 1 saturated heterocycles. The van der Waals surface area contributed by atoms with Gasteiger partial charge in [-0.1, -0.05) is 30.3 Å². The Balaban J connectivity index is 1.30. The first-order chi connectivity index (χ1) is 13.6. The highest BCUT2D eigenvalue weighted by atomic mass is 16.5. The minimum atomic E-state index is -0.230. The van der Waals surface area contributed by atoms with Crippen molar-refractivity contribution < 1.29 is 14.3 Å². The molecule has 0 aliphatic carbocycles. The molecule has 7 nitrogen and oxygen atoms in total. The molecule has 146 valence electrons. The zero-order valence-corrected chi connectivity index (χ0v) is 15.9. The fraction of sp³-hybridized carbons (Fsp3) is 0.333. The number of anilines is 2. The highest BCUT2D eigenvalue weighted by Crippen LogP contribution is 2.33. The molecule has 2 aliphatic heterocycles. The minimum Gasteiger partial charge on any atom is -0.481 e. The molecule has 7 heteroatoms. The van der Waals surface area contributed by atoms with E-state index in [0.717, 1.165) is 26.1 Å². The second-order valence-electron chi connectivity index (χ2n) is 7.23. The van der Waals surface area contributed by atoms with E-state index in [1.54, 1.807) is 30.1 Å². The number of urea groups is 1. The van der Waals surface area contributed by atoms with E-state index >= 15 is 0 Å². The predicted octanol–water partition coefficient (Wildman–Crippen LogP) is 2.44. The first-order valence-corrected chi connectivity index (χ1v) is 9.46. The number of hydrogen-bond donors (Lipinski definition) is 2. The zero-order chi connectivity index (χ0) is 19.5. The molecule has 2 heterocycles. The molecule has 1 fully saturated rings. The summed E-state index contributed by atoms with van der Waals surface area (Å²) in [6.45, 7) is 2.71. The highest BCUT2D eigenvalue weighted by molar-refractivity contribution is 5.98. The fourth-order valence-electron chi connectivity index (χ4n) is 3.64. The van der Waals surface area contributed by atoms with Crippen LogP contribution in [-0.2, 0) is 11.3 Å². The van der Waals surface area contributed by atoms with Gasteiger partial charge in [-0.15, -0.1) is 0 Å². The monoisotopic (exact) mass is 380 g/mol. The van der Waals surface area contributed by atoms with E-state index in [0.29, 0.717) is 17.1 Å². The molecular formula is C21H24N4O3.